The molecule has 0 radical (unpaired) electrons. The molecule has 1 N–H and O–H groups in total. The molecule has 0 aliphatic carbocycles. The number of carbonyl (C=O) groups is 1. The molecule has 0 bridgehead atoms. The molecule has 1 rings (SSSR count). The minimum atomic E-state index is -0.937. The number of carboxylic acids is 1. The van der Waals surface area contributed by atoms with Gasteiger partial charge in [-0.05, 0) is 12.8 Å². The van der Waals surface area contributed by atoms with Crippen LogP contribution in [0.3, 0.4) is 0 Å². The molecule has 0 aliphatic rings. The number of hydrogen-bond donors (Lipinski definition) is 1. The standard InChI is InChI=1S/C9H14N2O3/c1-14-5-3-2-4-11-7-8(6-10-11)9(12)13/h6-7H,2-5H2,1H3,(H,12,13). The van der Waals surface area contributed by atoms with E-state index in [1.165, 1.54) is 12.4 Å². The lowest BCUT2D eigenvalue weighted by Gasteiger charge is -2.00. The minimum absolute atomic E-state index is 0.233. The predicted octanol–water partition coefficient (Wildman–Crippen LogP) is 1.01. The summed E-state index contributed by atoms with van der Waals surface area (Å²) in [5.41, 5.74) is 0.233. The molecule has 1 heterocycles. The van der Waals surface area contributed by atoms with Crippen molar-refractivity contribution in [1.82, 2.24) is 9.78 Å². The van der Waals surface area contributed by atoms with Crippen LogP contribution in [-0.2, 0) is 11.3 Å². The summed E-state index contributed by atoms with van der Waals surface area (Å²) in [6, 6.07) is 0. The van der Waals surface area contributed by atoms with Crippen LogP contribution in [0.15, 0.2) is 12.4 Å². The Kier molecular flexibility index (Phi) is 4.12. The van der Waals surface area contributed by atoms with Crippen LogP contribution < -0.4 is 0 Å². The fourth-order valence-corrected chi connectivity index (χ4v) is 1.12. The van der Waals surface area contributed by atoms with Gasteiger partial charge in [0.25, 0.3) is 0 Å². The number of aryl methyl sites for hydroxylation is 1. The number of hydrogen-bond acceptors (Lipinski definition) is 3. The third-order valence-corrected chi connectivity index (χ3v) is 1.87. The zero-order chi connectivity index (χ0) is 10.4. The molecule has 1 aromatic heterocycles. The highest BCUT2D eigenvalue weighted by atomic mass is 16.5. The van der Waals surface area contributed by atoms with E-state index in [0.717, 1.165) is 26.0 Å². The Balaban J connectivity index is 2.33. The average molecular weight is 198 g/mol. The van der Waals surface area contributed by atoms with Crippen molar-refractivity contribution in [3.8, 4) is 0 Å². The van der Waals surface area contributed by atoms with E-state index in [9.17, 15) is 4.79 Å². The van der Waals surface area contributed by atoms with E-state index in [1.54, 1.807) is 11.8 Å². The van der Waals surface area contributed by atoms with Crippen molar-refractivity contribution in [2.45, 2.75) is 19.4 Å². The smallest absolute Gasteiger partial charge is 0.338 e. The van der Waals surface area contributed by atoms with Gasteiger partial charge < -0.3 is 9.84 Å². The zero-order valence-corrected chi connectivity index (χ0v) is 8.14. The van der Waals surface area contributed by atoms with E-state index in [-0.39, 0.29) is 5.56 Å². The summed E-state index contributed by atoms with van der Waals surface area (Å²) in [5, 5.41) is 12.6. The molecular weight excluding hydrogens is 184 g/mol. The number of rotatable bonds is 6. The molecular formula is C9H14N2O3. The van der Waals surface area contributed by atoms with Crippen LogP contribution in [0.25, 0.3) is 0 Å². The quantitative estimate of drug-likeness (QED) is 0.693. The van der Waals surface area contributed by atoms with E-state index >= 15 is 0 Å². The number of aromatic carboxylic acids is 1. The van der Waals surface area contributed by atoms with E-state index in [2.05, 4.69) is 5.10 Å². The molecule has 14 heavy (non-hydrogen) atoms. The lowest BCUT2D eigenvalue weighted by Crippen LogP contribution is -2.00. The van der Waals surface area contributed by atoms with Gasteiger partial charge in [-0.25, -0.2) is 4.79 Å². The Labute approximate surface area is 82.3 Å². The predicted molar refractivity (Wildman–Crippen MR) is 50.3 cm³/mol. The van der Waals surface area contributed by atoms with Crippen molar-refractivity contribution in [3.63, 3.8) is 0 Å². The SMILES string of the molecule is COCCCCn1cc(C(=O)O)cn1. The fraction of sp³-hybridized carbons (Fsp3) is 0.556. The van der Waals surface area contributed by atoms with E-state index < -0.39 is 5.97 Å². The zero-order valence-electron chi connectivity index (χ0n) is 8.14. The molecule has 0 atom stereocenters. The molecule has 1 aromatic rings. The van der Waals surface area contributed by atoms with E-state index in [0.29, 0.717) is 0 Å². The second-order valence-corrected chi connectivity index (χ2v) is 3.00. The van der Waals surface area contributed by atoms with Gasteiger partial charge >= 0.3 is 5.97 Å². The highest BCUT2D eigenvalue weighted by Crippen LogP contribution is 2.00. The van der Waals surface area contributed by atoms with Crippen LogP contribution in [0, 0.1) is 0 Å². The largest absolute Gasteiger partial charge is 0.478 e. The molecule has 0 saturated heterocycles. The Hall–Kier alpha value is -1.36. The number of methoxy groups -OCH3 is 1. The maximum absolute atomic E-state index is 10.5. The molecule has 5 heteroatoms. The van der Waals surface area contributed by atoms with E-state index in [1.807, 2.05) is 0 Å². The normalized spacial score (nSPS) is 10.4. The second-order valence-electron chi connectivity index (χ2n) is 3.00. The van der Waals surface area contributed by atoms with Crippen LogP contribution in [0.1, 0.15) is 23.2 Å². The van der Waals surface area contributed by atoms with Gasteiger partial charge in [-0.2, -0.15) is 5.10 Å². The monoisotopic (exact) mass is 198 g/mol. The lowest BCUT2D eigenvalue weighted by atomic mass is 10.3. The molecule has 78 valence electrons. The maximum Gasteiger partial charge on any atom is 0.338 e. The third-order valence-electron chi connectivity index (χ3n) is 1.87. The van der Waals surface area contributed by atoms with Crippen LogP contribution >= 0.6 is 0 Å². The number of aromatic nitrogens is 2. The highest BCUT2D eigenvalue weighted by molar-refractivity contribution is 5.86. The maximum atomic E-state index is 10.5. The molecule has 0 spiro atoms. The molecule has 0 saturated carbocycles. The molecule has 0 amide bonds. The Morgan fingerprint density at radius 1 is 1.64 bits per heavy atom. The number of carboxylic acid groups (broad SMARTS) is 1. The lowest BCUT2D eigenvalue weighted by molar-refractivity contribution is 0.0696. The first-order valence-electron chi connectivity index (χ1n) is 4.48. The number of nitrogens with zero attached hydrogens (tertiary/aromatic N) is 2. The van der Waals surface area contributed by atoms with Crippen molar-refractivity contribution >= 4 is 5.97 Å². The minimum Gasteiger partial charge on any atom is -0.478 e. The van der Waals surface area contributed by atoms with Gasteiger partial charge in [0.15, 0.2) is 0 Å². The Morgan fingerprint density at radius 3 is 3.00 bits per heavy atom. The summed E-state index contributed by atoms with van der Waals surface area (Å²) in [6.07, 6.45) is 4.79. The topological polar surface area (TPSA) is 64.3 Å². The van der Waals surface area contributed by atoms with Crippen LogP contribution in [0.4, 0.5) is 0 Å². The van der Waals surface area contributed by atoms with Crippen molar-refractivity contribution in [2.24, 2.45) is 0 Å². The van der Waals surface area contributed by atoms with E-state index in [4.69, 9.17) is 9.84 Å². The van der Waals surface area contributed by atoms with Crippen molar-refractivity contribution < 1.29 is 14.6 Å². The van der Waals surface area contributed by atoms with Crippen molar-refractivity contribution in [2.75, 3.05) is 13.7 Å². The van der Waals surface area contributed by atoms with Gasteiger partial charge in [-0.15, -0.1) is 0 Å². The van der Waals surface area contributed by atoms with Crippen molar-refractivity contribution in [3.05, 3.63) is 18.0 Å². The van der Waals surface area contributed by atoms with Crippen LogP contribution in [0.2, 0.25) is 0 Å². The summed E-state index contributed by atoms with van der Waals surface area (Å²) < 4.78 is 6.54. The first-order valence-corrected chi connectivity index (χ1v) is 4.48. The number of ether oxygens (including phenoxy) is 1. The van der Waals surface area contributed by atoms with Crippen molar-refractivity contribution in [1.29, 1.82) is 0 Å². The Morgan fingerprint density at radius 2 is 2.43 bits per heavy atom. The fourth-order valence-electron chi connectivity index (χ4n) is 1.12. The second kappa shape index (κ2) is 5.39. The highest BCUT2D eigenvalue weighted by Gasteiger charge is 2.04. The van der Waals surface area contributed by atoms with Gasteiger partial charge in [-0.3, -0.25) is 4.68 Å². The first-order chi connectivity index (χ1) is 6.74. The van der Waals surface area contributed by atoms with Crippen LogP contribution in [-0.4, -0.2) is 34.6 Å². The molecule has 0 unspecified atom stereocenters. The summed E-state index contributed by atoms with van der Waals surface area (Å²) in [4.78, 5) is 10.5. The van der Waals surface area contributed by atoms with Gasteiger partial charge in [0.1, 0.15) is 0 Å². The first kappa shape index (κ1) is 10.7. The van der Waals surface area contributed by atoms with Gasteiger partial charge in [0.05, 0.1) is 11.8 Å². The summed E-state index contributed by atoms with van der Waals surface area (Å²) in [5.74, 6) is -0.937. The average Bonchev–Trinajstić information content (AvgIpc) is 2.61. The third kappa shape index (κ3) is 3.18. The summed E-state index contributed by atoms with van der Waals surface area (Å²) in [7, 11) is 1.66. The molecule has 0 aliphatic heterocycles. The summed E-state index contributed by atoms with van der Waals surface area (Å²) >= 11 is 0. The van der Waals surface area contributed by atoms with Gasteiger partial charge in [0, 0.05) is 26.5 Å². The number of unbranched alkanes of at least 4 members (excludes halogenated alkanes) is 1. The summed E-state index contributed by atoms with van der Waals surface area (Å²) in [6.45, 7) is 1.46. The Bertz CT molecular complexity index is 296. The van der Waals surface area contributed by atoms with Crippen LogP contribution in [0.5, 0.6) is 0 Å². The van der Waals surface area contributed by atoms with Gasteiger partial charge in [-0.1, -0.05) is 0 Å². The molecule has 0 fully saturated rings. The molecule has 0 aromatic carbocycles. The molecule has 5 nitrogen and oxygen atoms in total. The van der Waals surface area contributed by atoms with Gasteiger partial charge in [0.2, 0.25) is 0 Å².